The molecule has 6 rings (SSSR count). The fourth-order valence-electron chi connectivity index (χ4n) is 6.42. The summed E-state index contributed by atoms with van der Waals surface area (Å²) in [6.07, 6.45) is 2.03. The zero-order chi connectivity index (χ0) is 28.2. The van der Waals surface area contributed by atoms with Crippen LogP contribution < -0.4 is 4.90 Å². The predicted octanol–water partition coefficient (Wildman–Crippen LogP) is 6.85. The van der Waals surface area contributed by atoms with Gasteiger partial charge in [0, 0.05) is 56.4 Å². The fraction of sp³-hybridized carbons (Fsp3) is 0.324. The SMILES string of the molecule is Cc1ccc(CN2CCc3ccc(N4CCN(CCC(c5ccccc5)c5ccccc5)CC4)cc3C2=O)cc1C. The first-order valence-electron chi connectivity index (χ1n) is 15.1. The van der Waals surface area contributed by atoms with E-state index in [1.165, 1.54) is 39.1 Å². The number of amides is 1. The summed E-state index contributed by atoms with van der Waals surface area (Å²) in [5.41, 5.74) is 9.81. The Hall–Kier alpha value is -3.89. The third kappa shape index (κ3) is 6.23. The minimum Gasteiger partial charge on any atom is -0.369 e. The fourth-order valence-corrected chi connectivity index (χ4v) is 6.42. The number of fused-ring (bicyclic) bond motifs is 1. The Morgan fingerprint density at radius 1 is 0.707 bits per heavy atom. The molecule has 0 radical (unpaired) electrons. The first kappa shape index (κ1) is 27.3. The number of carbonyl (C=O) groups is 1. The third-order valence-electron chi connectivity index (χ3n) is 9.08. The number of nitrogens with zero attached hydrogens (tertiary/aromatic N) is 3. The van der Waals surface area contributed by atoms with Crippen molar-refractivity contribution in [2.45, 2.75) is 39.2 Å². The normalized spacial score (nSPS) is 15.8. The second kappa shape index (κ2) is 12.3. The molecule has 41 heavy (non-hydrogen) atoms. The predicted molar refractivity (Wildman–Crippen MR) is 169 cm³/mol. The van der Waals surface area contributed by atoms with E-state index >= 15 is 0 Å². The lowest BCUT2D eigenvalue weighted by Crippen LogP contribution is -2.47. The van der Waals surface area contributed by atoms with Gasteiger partial charge in [-0.05, 0) is 78.7 Å². The summed E-state index contributed by atoms with van der Waals surface area (Å²) in [4.78, 5) is 20.6. The second-order valence-electron chi connectivity index (χ2n) is 11.7. The molecule has 0 aromatic heterocycles. The second-order valence-corrected chi connectivity index (χ2v) is 11.7. The van der Waals surface area contributed by atoms with Crippen molar-refractivity contribution in [1.82, 2.24) is 9.80 Å². The number of piperazine rings is 1. The Labute approximate surface area is 245 Å². The van der Waals surface area contributed by atoms with Gasteiger partial charge in [-0.15, -0.1) is 0 Å². The van der Waals surface area contributed by atoms with Gasteiger partial charge in [0.15, 0.2) is 0 Å². The maximum atomic E-state index is 13.5. The average Bonchev–Trinajstić information content (AvgIpc) is 3.02. The molecule has 4 aromatic carbocycles. The molecule has 4 heteroatoms. The molecule has 0 aliphatic carbocycles. The zero-order valence-corrected chi connectivity index (χ0v) is 24.4. The van der Waals surface area contributed by atoms with E-state index in [2.05, 4.69) is 121 Å². The van der Waals surface area contributed by atoms with Crippen LogP contribution in [0.5, 0.6) is 0 Å². The van der Waals surface area contributed by atoms with Gasteiger partial charge in [-0.25, -0.2) is 0 Å². The molecule has 210 valence electrons. The van der Waals surface area contributed by atoms with Gasteiger partial charge in [-0.1, -0.05) is 84.9 Å². The van der Waals surface area contributed by atoms with Crippen molar-refractivity contribution in [2.75, 3.05) is 44.2 Å². The van der Waals surface area contributed by atoms with Crippen LogP contribution in [0.2, 0.25) is 0 Å². The molecule has 2 aliphatic heterocycles. The van der Waals surface area contributed by atoms with Gasteiger partial charge in [0.05, 0.1) is 0 Å². The lowest BCUT2D eigenvalue weighted by atomic mass is 9.88. The van der Waals surface area contributed by atoms with Crippen LogP contribution in [-0.4, -0.2) is 55.0 Å². The lowest BCUT2D eigenvalue weighted by Gasteiger charge is -2.37. The molecule has 0 atom stereocenters. The van der Waals surface area contributed by atoms with Crippen molar-refractivity contribution >= 4 is 11.6 Å². The molecule has 1 fully saturated rings. The maximum absolute atomic E-state index is 13.5. The van der Waals surface area contributed by atoms with Crippen LogP contribution in [0.25, 0.3) is 0 Å². The van der Waals surface area contributed by atoms with Crippen LogP contribution >= 0.6 is 0 Å². The number of carbonyl (C=O) groups excluding carboxylic acids is 1. The molecule has 0 spiro atoms. The first-order valence-corrected chi connectivity index (χ1v) is 15.1. The van der Waals surface area contributed by atoms with Crippen LogP contribution in [0.4, 0.5) is 5.69 Å². The highest BCUT2D eigenvalue weighted by Crippen LogP contribution is 2.30. The van der Waals surface area contributed by atoms with Crippen LogP contribution in [0, 0.1) is 13.8 Å². The molecule has 1 saturated heterocycles. The van der Waals surface area contributed by atoms with Crippen molar-refractivity contribution < 1.29 is 4.79 Å². The number of hydrogen-bond acceptors (Lipinski definition) is 3. The smallest absolute Gasteiger partial charge is 0.254 e. The number of hydrogen-bond donors (Lipinski definition) is 0. The van der Waals surface area contributed by atoms with Gasteiger partial charge in [0.1, 0.15) is 0 Å². The summed E-state index contributed by atoms with van der Waals surface area (Å²) < 4.78 is 0. The summed E-state index contributed by atoms with van der Waals surface area (Å²) in [6.45, 7) is 10.9. The van der Waals surface area contributed by atoms with E-state index in [4.69, 9.17) is 0 Å². The molecule has 4 aromatic rings. The minimum absolute atomic E-state index is 0.165. The summed E-state index contributed by atoms with van der Waals surface area (Å²) in [7, 11) is 0. The molecule has 0 bridgehead atoms. The van der Waals surface area contributed by atoms with Crippen LogP contribution in [0.1, 0.15) is 56.1 Å². The zero-order valence-electron chi connectivity index (χ0n) is 24.4. The van der Waals surface area contributed by atoms with E-state index < -0.39 is 0 Å². The van der Waals surface area contributed by atoms with Crippen LogP contribution in [-0.2, 0) is 13.0 Å². The number of benzene rings is 4. The molecule has 0 unspecified atom stereocenters. The highest BCUT2D eigenvalue weighted by molar-refractivity contribution is 5.97. The minimum atomic E-state index is 0.165. The molecule has 4 nitrogen and oxygen atoms in total. The van der Waals surface area contributed by atoms with E-state index in [-0.39, 0.29) is 5.91 Å². The molecule has 2 aliphatic rings. The van der Waals surface area contributed by atoms with Crippen molar-refractivity contribution in [1.29, 1.82) is 0 Å². The Kier molecular flexibility index (Phi) is 8.20. The Morgan fingerprint density at radius 3 is 2.05 bits per heavy atom. The standard InChI is InChI=1S/C37H41N3O/c1-28-13-14-30(25-29(28)2)27-40-20-17-33-15-16-34(26-36(33)37(40)41)39-23-21-38(22-24-39)19-18-35(31-9-5-3-6-10-31)32-11-7-4-8-12-32/h3-16,25-26,35H,17-24,27H2,1-2H3. The Morgan fingerprint density at radius 2 is 1.39 bits per heavy atom. The average molecular weight is 544 g/mol. The maximum Gasteiger partial charge on any atom is 0.254 e. The van der Waals surface area contributed by atoms with Gasteiger partial charge in [-0.3, -0.25) is 9.69 Å². The largest absolute Gasteiger partial charge is 0.369 e. The van der Waals surface area contributed by atoms with Crippen LogP contribution in [0.3, 0.4) is 0 Å². The quantitative estimate of drug-likeness (QED) is 0.243. The highest BCUT2D eigenvalue weighted by Gasteiger charge is 2.26. The molecular weight excluding hydrogens is 502 g/mol. The molecule has 0 N–H and O–H groups in total. The molecule has 2 heterocycles. The molecular formula is C37H41N3O. The van der Waals surface area contributed by atoms with E-state index in [0.717, 1.165) is 57.7 Å². The van der Waals surface area contributed by atoms with Gasteiger partial charge in [-0.2, -0.15) is 0 Å². The Balaban J connectivity index is 1.08. The number of aryl methyl sites for hydroxylation is 2. The van der Waals surface area contributed by atoms with Crippen molar-refractivity contribution in [3.63, 3.8) is 0 Å². The summed E-state index contributed by atoms with van der Waals surface area (Å²) >= 11 is 0. The third-order valence-corrected chi connectivity index (χ3v) is 9.08. The summed E-state index contributed by atoms with van der Waals surface area (Å²) in [6, 6.07) is 34.9. The Bertz CT molecular complexity index is 1440. The van der Waals surface area contributed by atoms with E-state index in [1.807, 2.05) is 4.90 Å². The molecule has 1 amide bonds. The lowest BCUT2D eigenvalue weighted by molar-refractivity contribution is 0.0727. The summed E-state index contributed by atoms with van der Waals surface area (Å²) in [5.74, 6) is 0.576. The van der Waals surface area contributed by atoms with Crippen LogP contribution in [0.15, 0.2) is 97.1 Å². The summed E-state index contributed by atoms with van der Waals surface area (Å²) in [5, 5.41) is 0. The highest BCUT2D eigenvalue weighted by atomic mass is 16.2. The van der Waals surface area contributed by atoms with E-state index in [9.17, 15) is 4.79 Å². The van der Waals surface area contributed by atoms with Crippen molar-refractivity contribution in [2.24, 2.45) is 0 Å². The van der Waals surface area contributed by atoms with E-state index in [1.54, 1.807) is 0 Å². The topological polar surface area (TPSA) is 26.8 Å². The number of anilines is 1. The monoisotopic (exact) mass is 543 g/mol. The molecule has 0 saturated carbocycles. The van der Waals surface area contributed by atoms with Crippen molar-refractivity contribution in [3.05, 3.63) is 136 Å². The van der Waals surface area contributed by atoms with Gasteiger partial charge < -0.3 is 9.80 Å². The van der Waals surface area contributed by atoms with Gasteiger partial charge >= 0.3 is 0 Å². The number of rotatable bonds is 8. The van der Waals surface area contributed by atoms with Gasteiger partial charge in [0.25, 0.3) is 5.91 Å². The van der Waals surface area contributed by atoms with E-state index in [0.29, 0.717) is 12.5 Å². The van der Waals surface area contributed by atoms with Crippen molar-refractivity contribution in [3.8, 4) is 0 Å². The van der Waals surface area contributed by atoms with Gasteiger partial charge in [0.2, 0.25) is 0 Å². The first-order chi connectivity index (χ1) is 20.0.